The summed E-state index contributed by atoms with van der Waals surface area (Å²) in [5.41, 5.74) is 1.27. The maximum absolute atomic E-state index is 5.65. The highest BCUT2D eigenvalue weighted by Gasteiger charge is 2.45. The highest BCUT2D eigenvalue weighted by atomic mass is 127. The van der Waals surface area contributed by atoms with E-state index in [1.165, 1.54) is 25.0 Å². The van der Waals surface area contributed by atoms with Crippen molar-refractivity contribution in [3.8, 4) is 11.5 Å². The first-order valence-electron chi connectivity index (χ1n) is 10.1. The number of hydrogen-bond acceptors (Lipinski definition) is 2. The molecule has 0 amide bonds. The van der Waals surface area contributed by atoms with Crippen molar-refractivity contribution in [2.45, 2.75) is 6.16 Å². The van der Waals surface area contributed by atoms with Gasteiger partial charge < -0.3 is 9.47 Å². The Morgan fingerprint density at radius 2 is 1.00 bits per heavy atom. The summed E-state index contributed by atoms with van der Waals surface area (Å²) in [6.07, 6.45) is 0.906. The predicted molar refractivity (Wildman–Crippen MR) is 141 cm³/mol. The zero-order chi connectivity index (χ0) is 21.7. The third-order valence-corrected chi connectivity index (χ3v) is 10.9. The number of ether oxygens (including phenoxy) is 2. The van der Waals surface area contributed by atoms with E-state index in [0.29, 0.717) is 0 Å². The van der Waals surface area contributed by atoms with Crippen LogP contribution in [0.1, 0.15) is 5.56 Å². The first-order chi connectivity index (χ1) is 15.2. The monoisotopic (exact) mass is 539 g/mol. The number of hydrogen-bond donors (Lipinski definition) is 0. The average Bonchev–Trinajstić information content (AvgIpc) is 2.84. The second kappa shape index (κ2) is 9.84. The van der Waals surface area contributed by atoms with Crippen LogP contribution in [0.5, 0.6) is 11.5 Å². The second-order valence-corrected chi connectivity index (χ2v) is 11.9. The predicted octanol–water partition coefficient (Wildman–Crippen LogP) is 5.80. The van der Waals surface area contributed by atoms with Gasteiger partial charge in [-0.15, -0.1) is 0 Å². The van der Waals surface area contributed by atoms with E-state index >= 15 is 0 Å². The molecule has 156 valence electrons. The van der Waals surface area contributed by atoms with Crippen molar-refractivity contribution < 1.29 is 9.47 Å². The van der Waals surface area contributed by atoms with E-state index in [1.54, 1.807) is 14.2 Å². The van der Waals surface area contributed by atoms with Crippen LogP contribution < -0.4 is 25.4 Å². The van der Waals surface area contributed by atoms with E-state index < -0.39 is 7.26 Å². The Morgan fingerprint density at radius 1 is 0.613 bits per heavy atom. The van der Waals surface area contributed by atoms with E-state index in [9.17, 15) is 0 Å². The van der Waals surface area contributed by atoms with E-state index in [2.05, 4.69) is 126 Å². The topological polar surface area (TPSA) is 18.5 Å². The molecular formula is C27H25IO2P+. The van der Waals surface area contributed by atoms with Gasteiger partial charge in [0.05, 0.1) is 20.4 Å². The van der Waals surface area contributed by atoms with Crippen LogP contribution in [0.3, 0.4) is 0 Å². The Balaban J connectivity index is 2.00. The van der Waals surface area contributed by atoms with Gasteiger partial charge in [0.25, 0.3) is 0 Å². The molecule has 31 heavy (non-hydrogen) atoms. The summed E-state index contributed by atoms with van der Waals surface area (Å²) in [5.74, 6) is 1.53. The summed E-state index contributed by atoms with van der Waals surface area (Å²) in [6, 6.07) is 37.1. The smallest absolute Gasteiger partial charge is 0.161 e. The number of benzene rings is 4. The van der Waals surface area contributed by atoms with Gasteiger partial charge >= 0.3 is 0 Å². The molecule has 4 aromatic carbocycles. The Kier molecular flexibility index (Phi) is 6.94. The lowest BCUT2D eigenvalue weighted by Crippen LogP contribution is -2.32. The van der Waals surface area contributed by atoms with Crippen molar-refractivity contribution >= 4 is 45.8 Å². The van der Waals surface area contributed by atoms with Gasteiger partial charge in [-0.1, -0.05) is 54.6 Å². The summed E-state index contributed by atoms with van der Waals surface area (Å²) >= 11 is 2.42. The molecule has 0 heterocycles. The van der Waals surface area contributed by atoms with Crippen LogP contribution in [0.4, 0.5) is 0 Å². The average molecular weight is 539 g/mol. The quantitative estimate of drug-likeness (QED) is 0.218. The van der Waals surface area contributed by atoms with E-state index in [0.717, 1.165) is 17.7 Å². The largest absolute Gasteiger partial charge is 0.493 e. The highest BCUT2D eigenvalue weighted by Crippen LogP contribution is 2.58. The first kappa shape index (κ1) is 21.9. The van der Waals surface area contributed by atoms with Gasteiger partial charge in [-0.2, -0.15) is 0 Å². The standard InChI is InChI=1S/C27H25IO2P/c1-29-26-18-21(25(28)19-27(26)30-2)20-31(22-12-6-3-7-13-22,23-14-8-4-9-15-23)24-16-10-5-11-17-24/h3-19H,20H2,1-2H3/q+1. The van der Waals surface area contributed by atoms with Crippen molar-refractivity contribution in [2.24, 2.45) is 0 Å². The molecule has 0 spiro atoms. The minimum Gasteiger partial charge on any atom is -0.493 e. The Labute approximate surface area is 198 Å². The van der Waals surface area contributed by atoms with Crippen molar-refractivity contribution in [1.29, 1.82) is 0 Å². The maximum Gasteiger partial charge on any atom is 0.161 e. The van der Waals surface area contributed by atoms with Crippen LogP contribution in [0.2, 0.25) is 0 Å². The van der Waals surface area contributed by atoms with Crippen LogP contribution in [0.15, 0.2) is 103 Å². The van der Waals surface area contributed by atoms with Crippen LogP contribution in [-0.4, -0.2) is 14.2 Å². The Morgan fingerprint density at radius 3 is 1.39 bits per heavy atom. The third kappa shape index (κ3) is 4.35. The van der Waals surface area contributed by atoms with Crippen LogP contribution in [0, 0.1) is 3.57 Å². The van der Waals surface area contributed by atoms with E-state index in [1.807, 2.05) is 0 Å². The Bertz CT molecular complexity index is 1040. The molecule has 4 aromatic rings. The minimum atomic E-state index is -1.96. The molecule has 0 aliphatic carbocycles. The molecule has 0 saturated carbocycles. The lowest BCUT2D eigenvalue weighted by molar-refractivity contribution is 0.354. The third-order valence-electron chi connectivity index (χ3n) is 5.55. The fourth-order valence-corrected chi connectivity index (χ4v) is 9.23. The molecule has 0 fully saturated rings. The van der Waals surface area contributed by atoms with Crippen molar-refractivity contribution in [2.75, 3.05) is 14.2 Å². The highest BCUT2D eigenvalue weighted by molar-refractivity contribution is 14.1. The fraction of sp³-hybridized carbons (Fsp3) is 0.111. The SMILES string of the molecule is COc1cc(I)c(C[P+](c2ccccc2)(c2ccccc2)c2ccccc2)cc1OC. The molecule has 4 rings (SSSR count). The summed E-state index contributed by atoms with van der Waals surface area (Å²) in [5, 5.41) is 4.12. The lowest BCUT2D eigenvalue weighted by Gasteiger charge is -2.28. The van der Waals surface area contributed by atoms with Gasteiger partial charge in [-0.05, 0) is 71.1 Å². The molecule has 0 radical (unpaired) electrons. The van der Waals surface area contributed by atoms with E-state index in [-0.39, 0.29) is 0 Å². The summed E-state index contributed by atoms with van der Waals surface area (Å²) in [6.45, 7) is 0. The molecule has 2 nitrogen and oxygen atoms in total. The number of methoxy groups -OCH3 is 2. The molecule has 0 N–H and O–H groups in total. The molecule has 0 aliphatic heterocycles. The molecule has 0 saturated heterocycles. The molecule has 0 unspecified atom stereocenters. The fourth-order valence-electron chi connectivity index (χ4n) is 4.04. The molecule has 0 atom stereocenters. The van der Waals surface area contributed by atoms with Crippen LogP contribution in [0.25, 0.3) is 0 Å². The maximum atomic E-state index is 5.65. The van der Waals surface area contributed by atoms with Gasteiger partial charge in [-0.3, -0.25) is 0 Å². The second-order valence-electron chi connectivity index (χ2n) is 7.27. The van der Waals surface area contributed by atoms with Gasteiger partial charge in [0.2, 0.25) is 0 Å². The van der Waals surface area contributed by atoms with Gasteiger partial charge in [0.1, 0.15) is 23.2 Å². The zero-order valence-corrected chi connectivity index (χ0v) is 20.7. The minimum absolute atomic E-state index is 0.763. The summed E-state index contributed by atoms with van der Waals surface area (Å²) in [4.78, 5) is 0. The van der Waals surface area contributed by atoms with Gasteiger partial charge in [0, 0.05) is 9.13 Å². The first-order valence-corrected chi connectivity index (χ1v) is 13.2. The van der Waals surface area contributed by atoms with Gasteiger partial charge in [0.15, 0.2) is 11.5 Å². The van der Waals surface area contributed by atoms with Crippen molar-refractivity contribution in [3.05, 3.63) is 112 Å². The zero-order valence-electron chi connectivity index (χ0n) is 17.7. The summed E-state index contributed by atoms with van der Waals surface area (Å²) in [7, 11) is 1.42. The molecule has 0 bridgehead atoms. The molecular weight excluding hydrogens is 514 g/mol. The molecule has 0 aliphatic rings. The Hall–Kier alpha value is -2.36. The van der Waals surface area contributed by atoms with Gasteiger partial charge in [-0.25, -0.2) is 0 Å². The number of rotatable bonds is 7. The molecule has 4 heteroatoms. The molecule has 0 aromatic heterocycles. The van der Waals surface area contributed by atoms with Crippen molar-refractivity contribution in [3.63, 3.8) is 0 Å². The van der Waals surface area contributed by atoms with Crippen molar-refractivity contribution in [1.82, 2.24) is 0 Å². The van der Waals surface area contributed by atoms with E-state index in [4.69, 9.17) is 9.47 Å². The summed E-state index contributed by atoms with van der Waals surface area (Å²) < 4.78 is 12.4. The number of halogens is 1. The van der Waals surface area contributed by atoms with Crippen LogP contribution in [-0.2, 0) is 6.16 Å². The normalized spacial score (nSPS) is 11.2. The van der Waals surface area contributed by atoms with Crippen LogP contribution >= 0.6 is 29.9 Å². The lowest BCUT2D eigenvalue weighted by atomic mass is 10.2.